The fraction of sp³-hybridized carbons (Fsp3) is 0.381. The Hall–Kier alpha value is -3.29. The molecule has 0 spiro atoms. The maximum absolute atomic E-state index is 12.5. The summed E-state index contributed by atoms with van der Waals surface area (Å²) in [6.07, 6.45) is 10.3. The molecule has 0 saturated heterocycles. The molecule has 8 nitrogen and oxygen atoms in total. The van der Waals surface area contributed by atoms with Crippen molar-refractivity contribution >= 4 is 17.5 Å². The summed E-state index contributed by atoms with van der Waals surface area (Å²) in [7, 11) is 0. The van der Waals surface area contributed by atoms with Gasteiger partial charge < -0.3 is 10.6 Å². The second kappa shape index (κ2) is 7.62. The fourth-order valence-electron chi connectivity index (χ4n) is 4.22. The number of aromatic nitrogens is 5. The van der Waals surface area contributed by atoms with Gasteiger partial charge in [0.1, 0.15) is 12.4 Å². The van der Waals surface area contributed by atoms with Crippen LogP contribution in [-0.2, 0) is 4.79 Å². The zero-order chi connectivity index (χ0) is 19.6. The van der Waals surface area contributed by atoms with Gasteiger partial charge in [-0.15, -0.1) is 0 Å². The number of benzene rings is 1. The third-order valence-electron chi connectivity index (χ3n) is 5.80. The second-order valence-electron chi connectivity index (χ2n) is 7.79. The van der Waals surface area contributed by atoms with E-state index in [0.29, 0.717) is 17.6 Å². The van der Waals surface area contributed by atoms with Crippen LogP contribution in [0.2, 0.25) is 0 Å². The van der Waals surface area contributed by atoms with Gasteiger partial charge in [0.05, 0.1) is 11.9 Å². The zero-order valence-corrected chi connectivity index (χ0v) is 16.1. The van der Waals surface area contributed by atoms with Gasteiger partial charge in [0.25, 0.3) is 0 Å². The van der Waals surface area contributed by atoms with Crippen molar-refractivity contribution in [1.82, 2.24) is 25.1 Å². The van der Waals surface area contributed by atoms with Crippen molar-refractivity contribution in [3.8, 4) is 22.6 Å². The highest BCUT2D eigenvalue weighted by molar-refractivity contribution is 6.01. The summed E-state index contributed by atoms with van der Waals surface area (Å²) in [4.78, 5) is 25.8. The van der Waals surface area contributed by atoms with Gasteiger partial charge in [0.2, 0.25) is 5.91 Å². The highest BCUT2D eigenvalue weighted by atomic mass is 16.2. The minimum absolute atomic E-state index is 0.0125. The predicted octanol–water partition coefficient (Wildman–Crippen LogP) is 3.63. The number of rotatable bonds is 4. The maximum atomic E-state index is 12.5. The summed E-state index contributed by atoms with van der Waals surface area (Å²) < 4.78 is 0. The molecule has 0 bridgehead atoms. The molecule has 148 valence electrons. The number of hydrogen-bond acceptors (Lipinski definition) is 6. The number of fused-ring (bicyclic) bond motifs is 1. The second-order valence-corrected chi connectivity index (χ2v) is 7.79. The molecule has 1 atom stereocenters. The van der Waals surface area contributed by atoms with Crippen LogP contribution >= 0.6 is 0 Å². The van der Waals surface area contributed by atoms with Crippen LogP contribution in [0.1, 0.15) is 38.5 Å². The molecule has 1 amide bonds. The van der Waals surface area contributed by atoms with Crippen LogP contribution in [0, 0.1) is 5.92 Å². The van der Waals surface area contributed by atoms with E-state index < -0.39 is 0 Å². The highest BCUT2D eigenvalue weighted by Crippen LogP contribution is 2.32. The number of hydrogen-bond donors (Lipinski definition) is 3. The topological polar surface area (TPSA) is 108 Å². The monoisotopic (exact) mass is 389 g/mol. The molecule has 0 radical (unpaired) electrons. The van der Waals surface area contributed by atoms with Crippen molar-refractivity contribution < 1.29 is 4.79 Å². The number of amides is 1. The van der Waals surface area contributed by atoms with Crippen molar-refractivity contribution in [3.05, 3.63) is 36.8 Å². The lowest BCUT2D eigenvalue weighted by Gasteiger charge is -2.30. The SMILES string of the molecule is O=C1Nc2ncc(-c3ccc(-c4ncn[nH]4)cc3)nc2N[C@@H]1CC1CCCCC1. The van der Waals surface area contributed by atoms with Gasteiger partial charge in [-0.05, 0) is 12.3 Å². The lowest BCUT2D eigenvalue weighted by Crippen LogP contribution is -2.41. The number of aromatic amines is 1. The molecule has 1 aromatic carbocycles. The summed E-state index contributed by atoms with van der Waals surface area (Å²) in [6, 6.07) is 7.66. The lowest BCUT2D eigenvalue weighted by molar-refractivity contribution is -0.117. The van der Waals surface area contributed by atoms with Crippen LogP contribution in [0.4, 0.5) is 11.6 Å². The third kappa shape index (κ3) is 3.70. The van der Waals surface area contributed by atoms with E-state index in [1.165, 1.54) is 38.4 Å². The van der Waals surface area contributed by atoms with Gasteiger partial charge in [0.15, 0.2) is 17.5 Å². The molecule has 3 heterocycles. The minimum Gasteiger partial charge on any atom is -0.355 e. The molecule has 5 rings (SSSR count). The van der Waals surface area contributed by atoms with Gasteiger partial charge in [-0.1, -0.05) is 56.4 Å². The quantitative estimate of drug-likeness (QED) is 0.629. The van der Waals surface area contributed by atoms with E-state index >= 15 is 0 Å². The van der Waals surface area contributed by atoms with Crippen molar-refractivity contribution in [2.75, 3.05) is 10.6 Å². The average molecular weight is 389 g/mol. The Kier molecular flexibility index (Phi) is 4.67. The first kappa shape index (κ1) is 17.8. The van der Waals surface area contributed by atoms with Crippen LogP contribution in [0.3, 0.4) is 0 Å². The summed E-state index contributed by atoms with van der Waals surface area (Å²) in [5.74, 6) is 2.46. The first-order valence-electron chi connectivity index (χ1n) is 10.2. The summed E-state index contributed by atoms with van der Waals surface area (Å²) in [5.41, 5.74) is 2.66. The Morgan fingerprint density at radius 2 is 1.76 bits per heavy atom. The molecular formula is C21H23N7O. The number of carbonyl (C=O) groups is 1. The van der Waals surface area contributed by atoms with E-state index in [2.05, 4.69) is 30.8 Å². The number of nitrogens with zero attached hydrogens (tertiary/aromatic N) is 4. The van der Waals surface area contributed by atoms with Gasteiger partial charge in [-0.3, -0.25) is 9.89 Å². The number of anilines is 2. The smallest absolute Gasteiger partial charge is 0.248 e. The first-order valence-corrected chi connectivity index (χ1v) is 10.2. The summed E-state index contributed by atoms with van der Waals surface area (Å²) in [6.45, 7) is 0. The maximum Gasteiger partial charge on any atom is 0.248 e. The standard InChI is InChI=1S/C21H23N7O/c29-21-16(10-13-4-2-1-3-5-13)25-20-19(27-21)22-11-17(26-20)14-6-8-15(9-7-14)18-23-12-24-28-18/h6-9,11-13,16H,1-5,10H2,(H,25,26)(H,22,27,29)(H,23,24,28)/t16-/m1/s1. The Bertz CT molecular complexity index is 994. The molecule has 8 heteroatoms. The van der Waals surface area contributed by atoms with Gasteiger partial charge in [-0.2, -0.15) is 5.10 Å². The largest absolute Gasteiger partial charge is 0.355 e. The molecule has 1 fully saturated rings. The van der Waals surface area contributed by atoms with E-state index in [1.54, 1.807) is 6.20 Å². The van der Waals surface area contributed by atoms with Crippen LogP contribution in [0.5, 0.6) is 0 Å². The van der Waals surface area contributed by atoms with Gasteiger partial charge in [0, 0.05) is 11.1 Å². The lowest BCUT2D eigenvalue weighted by atomic mass is 9.84. The van der Waals surface area contributed by atoms with E-state index in [0.717, 1.165) is 29.1 Å². The minimum atomic E-state index is -0.246. The van der Waals surface area contributed by atoms with E-state index in [9.17, 15) is 4.79 Å². The van der Waals surface area contributed by atoms with Crippen molar-refractivity contribution in [2.24, 2.45) is 5.92 Å². The van der Waals surface area contributed by atoms with E-state index in [1.807, 2.05) is 24.3 Å². The first-order chi connectivity index (χ1) is 14.3. The summed E-state index contributed by atoms with van der Waals surface area (Å²) >= 11 is 0. The van der Waals surface area contributed by atoms with Crippen molar-refractivity contribution in [2.45, 2.75) is 44.6 Å². The van der Waals surface area contributed by atoms with Crippen LogP contribution in [0.15, 0.2) is 36.8 Å². The Balaban J connectivity index is 1.35. The van der Waals surface area contributed by atoms with Crippen molar-refractivity contribution in [1.29, 1.82) is 0 Å². The Labute approximate surface area is 168 Å². The Morgan fingerprint density at radius 3 is 2.52 bits per heavy atom. The molecule has 1 saturated carbocycles. The zero-order valence-electron chi connectivity index (χ0n) is 16.1. The van der Waals surface area contributed by atoms with Crippen LogP contribution < -0.4 is 10.6 Å². The third-order valence-corrected chi connectivity index (χ3v) is 5.80. The normalized spacial score (nSPS) is 19.3. The van der Waals surface area contributed by atoms with Crippen LogP contribution in [0.25, 0.3) is 22.6 Å². The number of H-pyrrole nitrogens is 1. The molecule has 3 aromatic rings. The van der Waals surface area contributed by atoms with Crippen LogP contribution in [-0.4, -0.2) is 37.1 Å². The van der Waals surface area contributed by atoms with E-state index in [4.69, 9.17) is 4.98 Å². The molecule has 1 aliphatic carbocycles. The van der Waals surface area contributed by atoms with Gasteiger partial charge >= 0.3 is 0 Å². The number of nitrogens with one attached hydrogen (secondary N) is 3. The molecule has 29 heavy (non-hydrogen) atoms. The average Bonchev–Trinajstić information content (AvgIpc) is 3.30. The van der Waals surface area contributed by atoms with Crippen molar-refractivity contribution in [3.63, 3.8) is 0 Å². The Morgan fingerprint density at radius 1 is 0.966 bits per heavy atom. The molecule has 0 unspecified atom stereocenters. The molecule has 3 N–H and O–H groups in total. The molecule has 1 aliphatic heterocycles. The molecular weight excluding hydrogens is 366 g/mol. The van der Waals surface area contributed by atoms with E-state index in [-0.39, 0.29) is 11.9 Å². The fourth-order valence-corrected chi connectivity index (χ4v) is 4.22. The molecule has 2 aliphatic rings. The highest BCUT2D eigenvalue weighted by Gasteiger charge is 2.30. The summed E-state index contributed by atoms with van der Waals surface area (Å²) in [5, 5.41) is 13.0. The molecule has 2 aromatic heterocycles. The van der Waals surface area contributed by atoms with Gasteiger partial charge in [-0.25, -0.2) is 15.0 Å². The number of carbonyl (C=O) groups excluding carboxylic acids is 1. The predicted molar refractivity (Wildman–Crippen MR) is 110 cm³/mol.